The highest BCUT2D eigenvalue weighted by molar-refractivity contribution is 5.99. The summed E-state index contributed by atoms with van der Waals surface area (Å²) in [5.74, 6) is -0.751. The standard InChI is InChI=1S/C29H32N6O4/c1-4-25(36)32-22-14-8-13-21-20(22)12-9-15-23(21)33-26(37)17-35-27(19-10-6-5-7-11-19)31-16-24(29(35)39)34-28(38)18(2)30-3/h4-8,10-11,13-14,16,18,23,30H,1,9,12,15,17H2,2-3H3,(H,32,36)(H,33,37)(H,34,38). The number of hydrogen-bond acceptors (Lipinski definition) is 6. The number of aromatic nitrogens is 2. The van der Waals surface area contributed by atoms with Crippen molar-refractivity contribution in [3.63, 3.8) is 0 Å². The van der Waals surface area contributed by atoms with Gasteiger partial charge in [-0.25, -0.2) is 4.98 Å². The highest BCUT2D eigenvalue weighted by Crippen LogP contribution is 2.34. The fourth-order valence-electron chi connectivity index (χ4n) is 4.60. The van der Waals surface area contributed by atoms with Gasteiger partial charge >= 0.3 is 0 Å². The van der Waals surface area contributed by atoms with Crippen LogP contribution >= 0.6 is 0 Å². The lowest BCUT2D eigenvalue weighted by molar-refractivity contribution is -0.122. The summed E-state index contributed by atoms with van der Waals surface area (Å²) in [4.78, 5) is 55.6. The van der Waals surface area contributed by atoms with E-state index < -0.39 is 17.5 Å². The van der Waals surface area contributed by atoms with Crippen molar-refractivity contribution in [1.29, 1.82) is 0 Å². The number of hydrogen-bond donors (Lipinski definition) is 4. The first-order chi connectivity index (χ1) is 18.8. The zero-order valence-electron chi connectivity index (χ0n) is 22.0. The van der Waals surface area contributed by atoms with Crippen LogP contribution in [0.4, 0.5) is 11.4 Å². The highest BCUT2D eigenvalue weighted by Gasteiger charge is 2.25. The van der Waals surface area contributed by atoms with Crippen LogP contribution in [-0.4, -0.2) is 40.4 Å². The molecule has 0 bridgehead atoms. The van der Waals surface area contributed by atoms with Crippen LogP contribution in [0.5, 0.6) is 0 Å². The maximum absolute atomic E-state index is 13.5. The van der Waals surface area contributed by atoms with E-state index in [1.165, 1.54) is 16.8 Å². The first-order valence-electron chi connectivity index (χ1n) is 12.8. The lowest BCUT2D eigenvalue weighted by Gasteiger charge is -2.28. The monoisotopic (exact) mass is 528 g/mol. The second kappa shape index (κ2) is 12.3. The van der Waals surface area contributed by atoms with Crippen LogP contribution in [0, 0.1) is 0 Å². The normalized spacial score (nSPS) is 15.0. The molecule has 3 aromatic rings. The van der Waals surface area contributed by atoms with Gasteiger partial charge in [0.15, 0.2) is 0 Å². The van der Waals surface area contributed by atoms with Gasteiger partial charge in [-0.2, -0.15) is 0 Å². The first-order valence-corrected chi connectivity index (χ1v) is 12.8. The Bertz CT molecular complexity index is 1450. The largest absolute Gasteiger partial charge is 0.348 e. The van der Waals surface area contributed by atoms with E-state index in [9.17, 15) is 19.2 Å². The molecule has 0 saturated carbocycles. The molecule has 4 N–H and O–H groups in total. The number of fused-ring (bicyclic) bond motifs is 1. The Hall–Kier alpha value is -4.57. The summed E-state index contributed by atoms with van der Waals surface area (Å²) in [6.07, 6.45) is 4.84. The van der Waals surface area contributed by atoms with Crippen molar-refractivity contribution in [1.82, 2.24) is 20.2 Å². The van der Waals surface area contributed by atoms with E-state index in [4.69, 9.17) is 0 Å². The summed E-state index contributed by atoms with van der Waals surface area (Å²) in [6.45, 7) is 4.88. The molecule has 10 heteroatoms. The molecular formula is C29H32N6O4. The Balaban J connectivity index is 1.62. The zero-order valence-corrected chi connectivity index (χ0v) is 22.0. The molecule has 0 radical (unpaired) electrons. The summed E-state index contributed by atoms with van der Waals surface area (Å²) in [5.41, 5.74) is 2.70. The van der Waals surface area contributed by atoms with E-state index in [0.29, 0.717) is 23.5 Å². The fourth-order valence-corrected chi connectivity index (χ4v) is 4.60. The quantitative estimate of drug-likeness (QED) is 0.316. The average Bonchev–Trinajstić information content (AvgIpc) is 2.95. The van der Waals surface area contributed by atoms with Gasteiger partial charge < -0.3 is 21.3 Å². The van der Waals surface area contributed by atoms with Crippen LogP contribution in [0.1, 0.15) is 36.9 Å². The molecule has 0 saturated heterocycles. The number of rotatable bonds is 9. The molecule has 2 aromatic carbocycles. The third-order valence-electron chi connectivity index (χ3n) is 6.75. The van der Waals surface area contributed by atoms with Crippen molar-refractivity contribution in [2.24, 2.45) is 0 Å². The van der Waals surface area contributed by atoms with Gasteiger partial charge in [0.25, 0.3) is 5.56 Å². The Morgan fingerprint density at radius 2 is 1.87 bits per heavy atom. The minimum atomic E-state index is -0.533. The van der Waals surface area contributed by atoms with E-state index >= 15 is 0 Å². The van der Waals surface area contributed by atoms with Gasteiger partial charge in [-0.1, -0.05) is 49.0 Å². The molecular weight excluding hydrogens is 496 g/mol. The van der Waals surface area contributed by atoms with Crippen molar-refractivity contribution in [2.45, 2.75) is 44.8 Å². The summed E-state index contributed by atoms with van der Waals surface area (Å²) < 4.78 is 1.27. The van der Waals surface area contributed by atoms with Crippen LogP contribution in [0.2, 0.25) is 0 Å². The third-order valence-corrected chi connectivity index (χ3v) is 6.75. The number of likely N-dealkylation sites (N-methyl/N-ethyl adjacent to an activating group) is 1. The average molecular weight is 529 g/mol. The van der Waals surface area contributed by atoms with Crippen LogP contribution in [-0.2, 0) is 27.3 Å². The molecule has 4 rings (SSSR count). The minimum Gasteiger partial charge on any atom is -0.348 e. The van der Waals surface area contributed by atoms with Gasteiger partial charge in [0.05, 0.1) is 18.3 Å². The second-order valence-electron chi connectivity index (χ2n) is 9.33. The van der Waals surface area contributed by atoms with Gasteiger partial charge in [0.1, 0.15) is 18.1 Å². The van der Waals surface area contributed by atoms with Gasteiger partial charge in [0, 0.05) is 11.3 Å². The molecule has 1 aromatic heterocycles. The van der Waals surface area contributed by atoms with Gasteiger partial charge in [-0.05, 0) is 56.5 Å². The van der Waals surface area contributed by atoms with E-state index in [0.717, 1.165) is 24.0 Å². The van der Waals surface area contributed by atoms with Crippen molar-refractivity contribution < 1.29 is 14.4 Å². The molecule has 1 aliphatic carbocycles. The summed E-state index contributed by atoms with van der Waals surface area (Å²) in [6, 6.07) is 13.9. The summed E-state index contributed by atoms with van der Waals surface area (Å²) in [7, 11) is 1.64. The predicted molar refractivity (Wildman–Crippen MR) is 150 cm³/mol. The molecule has 10 nitrogen and oxygen atoms in total. The molecule has 0 aliphatic heterocycles. The van der Waals surface area contributed by atoms with E-state index in [-0.39, 0.29) is 30.1 Å². The van der Waals surface area contributed by atoms with Crippen LogP contribution in [0.15, 0.2) is 72.2 Å². The number of carbonyl (C=O) groups is 3. The number of nitrogens with one attached hydrogen (secondary N) is 4. The van der Waals surface area contributed by atoms with Crippen molar-refractivity contribution in [3.05, 3.63) is 88.9 Å². The molecule has 2 atom stereocenters. The maximum atomic E-state index is 13.5. The number of amides is 3. The Morgan fingerprint density at radius 3 is 2.59 bits per heavy atom. The van der Waals surface area contributed by atoms with E-state index in [2.05, 4.69) is 32.8 Å². The molecule has 3 amide bonds. The van der Waals surface area contributed by atoms with Gasteiger partial charge in [-0.15, -0.1) is 0 Å². The molecule has 0 spiro atoms. The lowest BCUT2D eigenvalue weighted by Crippen LogP contribution is -2.40. The third kappa shape index (κ3) is 6.29. The SMILES string of the molecule is C=CC(=O)Nc1cccc2c1CCCC2NC(=O)Cn1c(-c2ccccc2)ncc(NC(=O)C(C)NC)c1=O. The van der Waals surface area contributed by atoms with Crippen molar-refractivity contribution in [3.8, 4) is 11.4 Å². The smallest absolute Gasteiger partial charge is 0.278 e. The highest BCUT2D eigenvalue weighted by atomic mass is 16.2. The zero-order chi connectivity index (χ0) is 27.9. The minimum absolute atomic E-state index is 0.0137. The van der Waals surface area contributed by atoms with E-state index in [1.807, 2.05) is 36.4 Å². The Morgan fingerprint density at radius 1 is 1.10 bits per heavy atom. The van der Waals surface area contributed by atoms with Crippen LogP contribution in [0.25, 0.3) is 11.4 Å². The topological polar surface area (TPSA) is 134 Å². The molecule has 202 valence electrons. The summed E-state index contributed by atoms with van der Waals surface area (Å²) >= 11 is 0. The number of anilines is 2. The number of carbonyl (C=O) groups excluding carboxylic acids is 3. The fraction of sp³-hybridized carbons (Fsp3) is 0.276. The van der Waals surface area contributed by atoms with Crippen molar-refractivity contribution in [2.75, 3.05) is 17.7 Å². The second-order valence-corrected chi connectivity index (χ2v) is 9.33. The Kier molecular flexibility index (Phi) is 8.67. The molecule has 1 aliphatic rings. The van der Waals surface area contributed by atoms with Crippen LogP contribution in [0.3, 0.4) is 0 Å². The number of nitrogens with zero attached hydrogens (tertiary/aromatic N) is 2. The maximum Gasteiger partial charge on any atom is 0.278 e. The Labute approximate surface area is 226 Å². The summed E-state index contributed by atoms with van der Waals surface area (Å²) in [5, 5.41) is 11.3. The van der Waals surface area contributed by atoms with Gasteiger partial charge in [0.2, 0.25) is 17.7 Å². The van der Waals surface area contributed by atoms with Crippen LogP contribution < -0.4 is 26.8 Å². The molecule has 2 unspecified atom stereocenters. The lowest BCUT2D eigenvalue weighted by atomic mass is 9.86. The van der Waals surface area contributed by atoms with Crippen molar-refractivity contribution >= 4 is 29.1 Å². The molecule has 1 heterocycles. The van der Waals surface area contributed by atoms with Gasteiger partial charge in [-0.3, -0.25) is 23.7 Å². The molecule has 39 heavy (non-hydrogen) atoms. The predicted octanol–water partition coefficient (Wildman–Crippen LogP) is 2.78. The molecule has 0 fully saturated rings. The number of benzene rings is 2. The van der Waals surface area contributed by atoms with E-state index in [1.54, 1.807) is 26.1 Å². The first kappa shape index (κ1) is 27.5.